The third-order valence-corrected chi connectivity index (χ3v) is 3.19. The molecule has 0 atom stereocenters. The Kier molecular flexibility index (Phi) is 2.11. The van der Waals surface area contributed by atoms with Crippen molar-refractivity contribution in [1.82, 2.24) is 14.6 Å². The van der Waals surface area contributed by atoms with Crippen molar-refractivity contribution in [3.63, 3.8) is 0 Å². The van der Waals surface area contributed by atoms with Crippen molar-refractivity contribution in [3.05, 3.63) is 23.9 Å². The van der Waals surface area contributed by atoms with E-state index in [0.29, 0.717) is 5.65 Å². The molecule has 0 spiro atoms. The maximum atomic E-state index is 12.8. The van der Waals surface area contributed by atoms with Gasteiger partial charge in [0, 0.05) is 5.69 Å². The standard InChI is InChI=1S/C11H11F3N4/c1-7-3-2-4-8-15-9(17-18(7)8)16-10(5-6-10)11(12,13)14/h2-4H,5-6H2,1H3,(H,16,17). The lowest BCUT2D eigenvalue weighted by molar-refractivity contribution is -0.151. The van der Waals surface area contributed by atoms with Crippen LogP contribution >= 0.6 is 0 Å². The van der Waals surface area contributed by atoms with E-state index in [2.05, 4.69) is 15.4 Å². The second-order valence-electron chi connectivity index (χ2n) is 4.58. The minimum absolute atomic E-state index is 0.0270. The van der Waals surface area contributed by atoms with Crippen molar-refractivity contribution in [2.24, 2.45) is 0 Å². The van der Waals surface area contributed by atoms with Crippen LogP contribution in [0.2, 0.25) is 0 Å². The average molecular weight is 256 g/mol. The summed E-state index contributed by atoms with van der Waals surface area (Å²) in [6.45, 7) is 1.82. The number of nitrogens with zero attached hydrogens (tertiary/aromatic N) is 3. The molecule has 1 fully saturated rings. The first-order valence-corrected chi connectivity index (χ1v) is 5.59. The summed E-state index contributed by atoms with van der Waals surface area (Å²) in [5, 5.41) is 6.46. The minimum atomic E-state index is -4.26. The number of nitrogens with one attached hydrogen (secondary N) is 1. The van der Waals surface area contributed by atoms with Crippen LogP contribution in [-0.2, 0) is 0 Å². The molecule has 0 bridgehead atoms. The number of pyridine rings is 1. The molecule has 0 radical (unpaired) electrons. The van der Waals surface area contributed by atoms with Gasteiger partial charge in [0.15, 0.2) is 5.65 Å². The fourth-order valence-electron chi connectivity index (χ4n) is 1.91. The van der Waals surface area contributed by atoms with Gasteiger partial charge in [-0.25, -0.2) is 4.52 Å². The molecule has 0 saturated heterocycles. The Morgan fingerprint density at radius 2 is 2.06 bits per heavy atom. The number of hydrogen-bond acceptors (Lipinski definition) is 3. The first-order chi connectivity index (χ1) is 8.41. The van der Waals surface area contributed by atoms with E-state index < -0.39 is 11.7 Å². The van der Waals surface area contributed by atoms with Gasteiger partial charge in [-0.05, 0) is 31.9 Å². The summed E-state index contributed by atoms with van der Waals surface area (Å²) in [5.74, 6) is 0.0270. The Labute approximate surface area is 101 Å². The molecule has 7 heteroatoms. The van der Waals surface area contributed by atoms with Gasteiger partial charge in [-0.3, -0.25) is 0 Å². The molecular weight excluding hydrogens is 245 g/mol. The molecule has 1 saturated carbocycles. The molecule has 96 valence electrons. The van der Waals surface area contributed by atoms with Crippen LogP contribution in [0.3, 0.4) is 0 Å². The summed E-state index contributed by atoms with van der Waals surface area (Å²) in [5.41, 5.74) is -0.466. The number of aromatic nitrogens is 3. The molecule has 2 heterocycles. The third-order valence-electron chi connectivity index (χ3n) is 3.19. The smallest absolute Gasteiger partial charge is 0.339 e. The predicted molar refractivity (Wildman–Crippen MR) is 59.4 cm³/mol. The highest BCUT2D eigenvalue weighted by Gasteiger charge is 2.64. The van der Waals surface area contributed by atoms with E-state index in [1.807, 2.05) is 13.0 Å². The highest BCUT2D eigenvalue weighted by molar-refractivity contribution is 5.46. The minimum Gasteiger partial charge on any atom is -0.339 e. The molecule has 18 heavy (non-hydrogen) atoms. The van der Waals surface area contributed by atoms with Crippen LogP contribution in [0.15, 0.2) is 18.2 Å². The SMILES string of the molecule is Cc1cccc2nc(NC3(C(F)(F)F)CC3)nn12. The van der Waals surface area contributed by atoms with E-state index >= 15 is 0 Å². The molecule has 0 amide bonds. The molecule has 1 aliphatic rings. The molecule has 1 N–H and O–H groups in total. The predicted octanol–water partition coefficient (Wildman–Crippen LogP) is 2.54. The number of fused-ring (bicyclic) bond motifs is 1. The van der Waals surface area contributed by atoms with Crippen molar-refractivity contribution >= 4 is 11.6 Å². The summed E-state index contributed by atoms with van der Waals surface area (Å²) >= 11 is 0. The number of rotatable bonds is 2. The summed E-state index contributed by atoms with van der Waals surface area (Å²) in [6, 6.07) is 5.32. The molecule has 0 aromatic carbocycles. The maximum Gasteiger partial charge on any atom is 0.411 e. The Morgan fingerprint density at radius 3 is 2.61 bits per heavy atom. The second kappa shape index (κ2) is 3.37. The fourth-order valence-corrected chi connectivity index (χ4v) is 1.91. The summed E-state index contributed by atoms with van der Waals surface area (Å²) in [6.07, 6.45) is -4.12. The Bertz CT molecular complexity index is 598. The molecule has 4 nitrogen and oxygen atoms in total. The van der Waals surface area contributed by atoms with E-state index in [1.165, 1.54) is 4.52 Å². The van der Waals surface area contributed by atoms with Crippen LogP contribution in [0.5, 0.6) is 0 Å². The van der Waals surface area contributed by atoms with Crippen LogP contribution in [0.4, 0.5) is 19.1 Å². The van der Waals surface area contributed by atoms with Gasteiger partial charge in [-0.2, -0.15) is 18.2 Å². The van der Waals surface area contributed by atoms with Gasteiger partial charge in [0.1, 0.15) is 5.54 Å². The second-order valence-corrected chi connectivity index (χ2v) is 4.58. The molecule has 1 aliphatic carbocycles. The maximum absolute atomic E-state index is 12.8. The topological polar surface area (TPSA) is 42.2 Å². The van der Waals surface area contributed by atoms with E-state index in [-0.39, 0.29) is 18.8 Å². The lowest BCUT2D eigenvalue weighted by atomic mass is 10.3. The number of alkyl halides is 3. The number of aryl methyl sites for hydroxylation is 1. The highest BCUT2D eigenvalue weighted by atomic mass is 19.4. The molecule has 0 aliphatic heterocycles. The van der Waals surface area contributed by atoms with Crippen LogP contribution in [-0.4, -0.2) is 26.3 Å². The molecule has 2 aromatic heterocycles. The van der Waals surface area contributed by atoms with Gasteiger partial charge in [0.05, 0.1) is 0 Å². The quantitative estimate of drug-likeness (QED) is 0.897. The number of halogens is 3. The lowest BCUT2D eigenvalue weighted by Gasteiger charge is -2.19. The number of hydrogen-bond donors (Lipinski definition) is 1. The third kappa shape index (κ3) is 1.61. The van der Waals surface area contributed by atoms with E-state index in [1.54, 1.807) is 12.1 Å². The Balaban J connectivity index is 1.95. The first-order valence-electron chi connectivity index (χ1n) is 5.59. The van der Waals surface area contributed by atoms with Crippen molar-refractivity contribution in [1.29, 1.82) is 0 Å². The van der Waals surface area contributed by atoms with Gasteiger partial charge < -0.3 is 5.32 Å². The van der Waals surface area contributed by atoms with Crippen LogP contribution in [0.1, 0.15) is 18.5 Å². The van der Waals surface area contributed by atoms with Gasteiger partial charge in [0.2, 0.25) is 5.95 Å². The first kappa shape index (κ1) is 11.3. The lowest BCUT2D eigenvalue weighted by Crippen LogP contribution is -2.39. The highest BCUT2D eigenvalue weighted by Crippen LogP contribution is 2.50. The fraction of sp³-hybridized carbons (Fsp3) is 0.455. The average Bonchev–Trinajstić information content (AvgIpc) is 2.92. The Hall–Kier alpha value is -1.79. The van der Waals surface area contributed by atoms with Crippen LogP contribution in [0.25, 0.3) is 5.65 Å². The number of anilines is 1. The van der Waals surface area contributed by atoms with Crippen molar-refractivity contribution in [2.45, 2.75) is 31.5 Å². The van der Waals surface area contributed by atoms with Crippen molar-refractivity contribution < 1.29 is 13.2 Å². The monoisotopic (exact) mass is 256 g/mol. The summed E-state index contributed by atoms with van der Waals surface area (Å²) in [4.78, 5) is 4.05. The normalized spacial score (nSPS) is 18.0. The molecular formula is C11H11F3N4. The van der Waals surface area contributed by atoms with E-state index in [0.717, 1.165) is 5.69 Å². The van der Waals surface area contributed by atoms with Crippen molar-refractivity contribution in [3.8, 4) is 0 Å². The zero-order valence-electron chi connectivity index (χ0n) is 9.62. The van der Waals surface area contributed by atoms with Crippen molar-refractivity contribution in [2.75, 3.05) is 5.32 Å². The van der Waals surface area contributed by atoms with Gasteiger partial charge >= 0.3 is 6.18 Å². The van der Waals surface area contributed by atoms with Gasteiger partial charge in [-0.15, -0.1) is 5.10 Å². The zero-order chi connectivity index (χ0) is 13.0. The molecule has 3 rings (SSSR count). The Morgan fingerprint density at radius 1 is 1.33 bits per heavy atom. The van der Waals surface area contributed by atoms with Crippen LogP contribution in [0, 0.1) is 6.92 Å². The molecule has 0 unspecified atom stereocenters. The van der Waals surface area contributed by atoms with E-state index in [4.69, 9.17) is 0 Å². The zero-order valence-corrected chi connectivity index (χ0v) is 9.62. The molecule has 2 aromatic rings. The summed E-state index contributed by atoms with van der Waals surface area (Å²) < 4.78 is 39.9. The van der Waals surface area contributed by atoms with Gasteiger partial charge in [0.25, 0.3) is 0 Å². The largest absolute Gasteiger partial charge is 0.411 e. The van der Waals surface area contributed by atoms with Gasteiger partial charge in [-0.1, -0.05) is 6.07 Å². The van der Waals surface area contributed by atoms with Crippen LogP contribution < -0.4 is 5.32 Å². The van der Waals surface area contributed by atoms with E-state index in [9.17, 15) is 13.2 Å². The summed E-state index contributed by atoms with van der Waals surface area (Å²) in [7, 11) is 0.